The summed E-state index contributed by atoms with van der Waals surface area (Å²) in [4.78, 5) is 27.6. The van der Waals surface area contributed by atoms with E-state index < -0.39 is 5.97 Å². The summed E-state index contributed by atoms with van der Waals surface area (Å²) in [6, 6.07) is 7.13. The third-order valence-corrected chi connectivity index (χ3v) is 4.19. The largest absolute Gasteiger partial charge is 0.465 e. The van der Waals surface area contributed by atoms with Gasteiger partial charge in [0, 0.05) is 5.92 Å². The zero-order valence-corrected chi connectivity index (χ0v) is 14.1. The summed E-state index contributed by atoms with van der Waals surface area (Å²) in [5.74, 6) is 0.468. The molecule has 0 spiro atoms. The molecule has 1 atom stereocenters. The molecule has 0 fully saturated rings. The number of hydrogen-bond donors (Lipinski definition) is 0. The highest BCUT2D eigenvalue weighted by molar-refractivity contribution is 6.31. The van der Waals surface area contributed by atoms with Crippen molar-refractivity contribution in [1.82, 2.24) is 9.55 Å². The van der Waals surface area contributed by atoms with E-state index in [0.29, 0.717) is 24.1 Å². The fourth-order valence-corrected chi connectivity index (χ4v) is 2.66. The van der Waals surface area contributed by atoms with Crippen molar-refractivity contribution in [3.8, 4) is 0 Å². The summed E-state index contributed by atoms with van der Waals surface area (Å²) in [5.41, 5.74) is 1.54. The number of hydrogen-bond acceptors (Lipinski definition) is 4. The smallest absolute Gasteiger partial charge is 0.338 e. The molecule has 2 rings (SSSR count). The van der Waals surface area contributed by atoms with E-state index in [0.717, 1.165) is 17.8 Å². The Labute approximate surface area is 140 Å². The predicted octanol–water partition coefficient (Wildman–Crippen LogP) is 3.70. The van der Waals surface area contributed by atoms with Gasteiger partial charge in [-0.15, -0.1) is 0 Å². The van der Waals surface area contributed by atoms with Crippen LogP contribution in [0.5, 0.6) is 0 Å². The summed E-state index contributed by atoms with van der Waals surface area (Å²) < 4.78 is 6.58. The van der Waals surface area contributed by atoms with E-state index in [-0.39, 0.29) is 11.1 Å². The quantitative estimate of drug-likeness (QED) is 0.597. The van der Waals surface area contributed by atoms with Crippen LogP contribution in [0.25, 0.3) is 0 Å². The van der Waals surface area contributed by atoms with Crippen LogP contribution in [0.1, 0.15) is 58.4 Å². The second-order valence-corrected chi connectivity index (χ2v) is 5.67. The number of halogens is 1. The summed E-state index contributed by atoms with van der Waals surface area (Å²) in [7, 11) is 1.34. The van der Waals surface area contributed by atoms with Gasteiger partial charge in [0.15, 0.2) is 11.4 Å². The number of aromatic nitrogens is 2. The number of ether oxygens (including phenoxy) is 1. The molecule has 0 saturated heterocycles. The second-order valence-electron chi connectivity index (χ2n) is 5.31. The molecule has 2 aromatic rings. The molecule has 23 heavy (non-hydrogen) atoms. The maximum atomic E-state index is 11.9. The SMILES string of the molecule is CCC(C)c1nc(Cl)c(C=O)n1Cc1ccccc1C(=O)OC. The van der Waals surface area contributed by atoms with Crippen molar-refractivity contribution in [1.29, 1.82) is 0 Å². The Balaban J connectivity index is 2.52. The van der Waals surface area contributed by atoms with Crippen molar-refractivity contribution in [2.24, 2.45) is 0 Å². The molecule has 1 unspecified atom stereocenters. The van der Waals surface area contributed by atoms with Crippen LogP contribution in [0.4, 0.5) is 0 Å². The number of carbonyl (C=O) groups is 2. The molecule has 0 amide bonds. The van der Waals surface area contributed by atoms with Crippen LogP contribution < -0.4 is 0 Å². The first-order valence-corrected chi connectivity index (χ1v) is 7.78. The van der Waals surface area contributed by atoms with Gasteiger partial charge in [-0.1, -0.05) is 43.6 Å². The molecule has 6 heteroatoms. The molecule has 0 aliphatic heterocycles. The third kappa shape index (κ3) is 3.45. The van der Waals surface area contributed by atoms with Gasteiger partial charge in [-0.05, 0) is 18.1 Å². The van der Waals surface area contributed by atoms with E-state index in [9.17, 15) is 9.59 Å². The molecule has 0 N–H and O–H groups in total. The van der Waals surface area contributed by atoms with Crippen LogP contribution >= 0.6 is 11.6 Å². The van der Waals surface area contributed by atoms with Crippen LogP contribution in [0.15, 0.2) is 24.3 Å². The zero-order chi connectivity index (χ0) is 17.0. The van der Waals surface area contributed by atoms with Crippen LogP contribution in [-0.4, -0.2) is 28.9 Å². The highest BCUT2D eigenvalue weighted by Gasteiger charge is 2.21. The van der Waals surface area contributed by atoms with Crippen LogP contribution in [0.3, 0.4) is 0 Å². The number of benzene rings is 1. The van der Waals surface area contributed by atoms with E-state index in [4.69, 9.17) is 16.3 Å². The molecule has 1 aromatic carbocycles. The second kappa shape index (κ2) is 7.42. The minimum absolute atomic E-state index is 0.145. The Morgan fingerprint density at radius 2 is 2.13 bits per heavy atom. The van der Waals surface area contributed by atoms with Crippen LogP contribution in [-0.2, 0) is 11.3 Å². The van der Waals surface area contributed by atoms with Crippen molar-refractivity contribution in [2.45, 2.75) is 32.7 Å². The summed E-state index contributed by atoms with van der Waals surface area (Å²) in [6.07, 6.45) is 1.56. The van der Waals surface area contributed by atoms with Crippen molar-refractivity contribution in [2.75, 3.05) is 7.11 Å². The molecule has 0 aliphatic carbocycles. The minimum Gasteiger partial charge on any atom is -0.465 e. The molecule has 0 radical (unpaired) electrons. The first-order valence-electron chi connectivity index (χ1n) is 7.40. The van der Waals surface area contributed by atoms with Gasteiger partial charge in [0.2, 0.25) is 0 Å². The van der Waals surface area contributed by atoms with E-state index in [1.54, 1.807) is 16.7 Å². The monoisotopic (exact) mass is 334 g/mol. The van der Waals surface area contributed by atoms with Crippen molar-refractivity contribution in [3.05, 3.63) is 52.1 Å². The molecule has 5 nitrogen and oxygen atoms in total. The summed E-state index contributed by atoms with van der Waals surface area (Å²) in [5, 5.41) is 0.186. The zero-order valence-electron chi connectivity index (χ0n) is 13.4. The van der Waals surface area contributed by atoms with Gasteiger partial charge >= 0.3 is 5.97 Å². The van der Waals surface area contributed by atoms with Crippen LogP contribution in [0, 0.1) is 0 Å². The van der Waals surface area contributed by atoms with Crippen molar-refractivity contribution >= 4 is 23.9 Å². The van der Waals surface area contributed by atoms with E-state index in [2.05, 4.69) is 4.98 Å². The number of esters is 1. The minimum atomic E-state index is -0.412. The Bertz CT molecular complexity index is 725. The Morgan fingerprint density at radius 1 is 1.43 bits per heavy atom. The highest BCUT2D eigenvalue weighted by Crippen LogP contribution is 2.25. The molecule has 122 valence electrons. The van der Waals surface area contributed by atoms with E-state index in [1.165, 1.54) is 7.11 Å². The molecule has 0 saturated carbocycles. The van der Waals surface area contributed by atoms with Gasteiger partial charge in [-0.25, -0.2) is 9.78 Å². The number of nitrogens with zero attached hydrogens (tertiary/aromatic N) is 2. The third-order valence-electron chi connectivity index (χ3n) is 3.91. The lowest BCUT2D eigenvalue weighted by Crippen LogP contribution is -2.14. The molecule has 1 aromatic heterocycles. The van der Waals surface area contributed by atoms with Crippen LogP contribution in [0.2, 0.25) is 5.15 Å². The topological polar surface area (TPSA) is 61.2 Å². The number of methoxy groups -OCH3 is 1. The van der Waals surface area contributed by atoms with Gasteiger partial charge in [0.05, 0.1) is 19.2 Å². The number of aldehydes is 1. The van der Waals surface area contributed by atoms with E-state index in [1.807, 2.05) is 26.0 Å². The molecule has 1 heterocycles. The number of rotatable bonds is 6. The normalized spacial score (nSPS) is 12.0. The maximum absolute atomic E-state index is 11.9. The number of imidazole rings is 1. The van der Waals surface area contributed by atoms with Gasteiger partial charge in [-0.3, -0.25) is 4.79 Å². The fourth-order valence-electron chi connectivity index (χ4n) is 2.43. The number of carbonyl (C=O) groups excluding carboxylic acids is 2. The molecular weight excluding hydrogens is 316 g/mol. The van der Waals surface area contributed by atoms with Gasteiger partial charge in [-0.2, -0.15) is 0 Å². The first-order chi connectivity index (χ1) is 11.0. The first kappa shape index (κ1) is 17.2. The Morgan fingerprint density at radius 3 is 2.74 bits per heavy atom. The van der Waals surface area contributed by atoms with Crippen molar-refractivity contribution < 1.29 is 14.3 Å². The standard InChI is InChI=1S/C17H19ClN2O3/c1-4-11(2)16-19-15(18)14(10-21)20(16)9-12-7-5-6-8-13(12)17(22)23-3/h5-8,10-11H,4,9H2,1-3H3. The molecule has 0 aliphatic rings. The molecular formula is C17H19ClN2O3. The summed E-state index contributed by atoms with van der Waals surface area (Å²) in [6.45, 7) is 4.40. The predicted molar refractivity (Wildman–Crippen MR) is 88.2 cm³/mol. The fraction of sp³-hybridized carbons (Fsp3) is 0.353. The highest BCUT2D eigenvalue weighted by atomic mass is 35.5. The Kier molecular flexibility index (Phi) is 5.55. The van der Waals surface area contributed by atoms with Crippen molar-refractivity contribution in [3.63, 3.8) is 0 Å². The maximum Gasteiger partial charge on any atom is 0.338 e. The molecule has 0 bridgehead atoms. The lowest BCUT2D eigenvalue weighted by molar-refractivity contribution is 0.0599. The van der Waals surface area contributed by atoms with Gasteiger partial charge in [0.25, 0.3) is 0 Å². The van der Waals surface area contributed by atoms with Gasteiger partial charge in [0.1, 0.15) is 11.5 Å². The Hall–Kier alpha value is -2.14. The average Bonchev–Trinajstić information content (AvgIpc) is 2.89. The summed E-state index contributed by atoms with van der Waals surface area (Å²) >= 11 is 6.09. The average molecular weight is 335 g/mol. The van der Waals surface area contributed by atoms with Gasteiger partial charge < -0.3 is 9.30 Å². The lowest BCUT2D eigenvalue weighted by Gasteiger charge is -2.15. The lowest BCUT2D eigenvalue weighted by atomic mass is 10.1. The van der Waals surface area contributed by atoms with E-state index >= 15 is 0 Å².